The fourth-order valence-electron chi connectivity index (χ4n) is 1.56. The highest BCUT2D eigenvalue weighted by Crippen LogP contribution is 2.07. The van der Waals surface area contributed by atoms with Crippen LogP contribution < -0.4 is 0 Å². The Balaban J connectivity index is 2.59. The Hall–Kier alpha value is -1.68. The number of rotatable bonds is 7. The van der Waals surface area contributed by atoms with E-state index in [1.165, 1.54) is 12.1 Å². The normalized spacial score (nSPS) is 10.5. The van der Waals surface area contributed by atoms with Gasteiger partial charge in [0, 0.05) is 19.6 Å². The van der Waals surface area contributed by atoms with Crippen LogP contribution in [0, 0.1) is 5.82 Å². The van der Waals surface area contributed by atoms with Crippen LogP contribution in [0.2, 0.25) is 0 Å². The summed E-state index contributed by atoms with van der Waals surface area (Å²) in [6.07, 6.45) is 1.78. The van der Waals surface area contributed by atoms with Crippen molar-refractivity contribution in [2.24, 2.45) is 0 Å². The van der Waals surface area contributed by atoms with E-state index in [1.54, 1.807) is 12.1 Å². The SMILES string of the molecule is C=CCN(CCC(=O)O)Cc1cccc(F)c1. The molecule has 0 spiro atoms. The third-order valence-corrected chi connectivity index (χ3v) is 2.32. The molecule has 0 aliphatic rings. The first-order chi connectivity index (χ1) is 8.11. The van der Waals surface area contributed by atoms with Gasteiger partial charge >= 0.3 is 5.97 Å². The van der Waals surface area contributed by atoms with E-state index < -0.39 is 5.97 Å². The predicted molar refractivity (Wildman–Crippen MR) is 64.1 cm³/mol. The van der Waals surface area contributed by atoms with Crippen LogP contribution in [0.5, 0.6) is 0 Å². The summed E-state index contributed by atoms with van der Waals surface area (Å²) in [4.78, 5) is 12.4. The highest BCUT2D eigenvalue weighted by Gasteiger charge is 2.07. The summed E-state index contributed by atoms with van der Waals surface area (Å²) in [6.45, 7) is 5.16. The molecular formula is C13H16FNO2. The van der Waals surface area contributed by atoms with Gasteiger partial charge in [0.05, 0.1) is 6.42 Å². The van der Waals surface area contributed by atoms with Crippen molar-refractivity contribution in [3.63, 3.8) is 0 Å². The molecule has 0 bridgehead atoms. The van der Waals surface area contributed by atoms with Gasteiger partial charge in [-0.25, -0.2) is 4.39 Å². The lowest BCUT2D eigenvalue weighted by atomic mass is 10.2. The molecule has 0 heterocycles. The smallest absolute Gasteiger partial charge is 0.304 e. The van der Waals surface area contributed by atoms with Crippen molar-refractivity contribution in [1.29, 1.82) is 0 Å². The van der Waals surface area contributed by atoms with Crippen LogP contribution in [0.15, 0.2) is 36.9 Å². The first-order valence-electron chi connectivity index (χ1n) is 5.41. The maximum atomic E-state index is 13.0. The minimum absolute atomic E-state index is 0.0726. The number of carboxylic acids is 1. The van der Waals surface area contributed by atoms with Gasteiger partial charge in [-0.2, -0.15) is 0 Å². The Labute approximate surface area is 100 Å². The van der Waals surface area contributed by atoms with Crippen molar-refractivity contribution >= 4 is 5.97 Å². The predicted octanol–water partition coefficient (Wildman–Crippen LogP) is 2.29. The molecule has 0 fully saturated rings. The van der Waals surface area contributed by atoms with E-state index in [1.807, 2.05) is 11.0 Å². The Bertz CT molecular complexity index is 393. The summed E-state index contributed by atoms with van der Waals surface area (Å²) < 4.78 is 13.0. The van der Waals surface area contributed by atoms with Gasteiger partial charge in [-0.3, -0.25) is 9.69 Å². The van der Waals surface area contributed by atoms with E-state index in [0.717, 1.165) is 5.56 Å². The molecule has 0 saturated carbocycles. The summed E-state index contributed by atoms with van der Waals surface area (Å²) >= 11 is 0. The minimum Gasteiger partial charge on any atom is -0.481 e. The maximum Gasteiger partial charge on any atom is 0.304 e. The van der Waals surface area contributed by atoms with Crippen molar-refractivity contribution in [2.75, 3.05) is 13.1 Å². The Kier molecular flexibility index (Phi) is 5.36. The zero-order chi connectivity index (χ0) is 12.7. The van der Waals surface area contributed by atoms with Gasteiger partial charge in [-0.05, 0) is 17.7 Å². The van der Waals surface area contributed by atoms with Crippen molar-refractivity contribution in [3.05, 3.63) is 48.3 Å². The second kappa shape index (κ2) is 6.81. The fourth-order valence-corrected chi connectivity index (χ4v) is 1.56. The lowest BCUT2D eigenvalue weighted by Gasteiger charge is -2.19. The van der Waals surface area contributed by atoms with Crippen LogP contribution in [0.1, 0.15) is 12.0 Å². The second-order valence-electron chi connectivity index (χ2n) is 3.80. The third kappa shape index (κ3) is 5.26. The molecule has 0 atom stereocenters. The summed E-state index contributed by atoms with van der Waals surface area (Å²) in [5.41, 5.74) is 0.831. The molecule has 0 radical (unpaired) electrons. The molecule has 3 nitrogen and oxygen atoms in total. The maximum absolute atomic E-state index is 13.0. The lowest BCUT2D eigenvalue weighted by molar-refractivity contribution is -0.137. The van der Waals surface area contributed by atoms with Crippen LogP contribution in [0.3, 0.4) is 0 Å². The average Bonchev–Trinajstić information content (AvgIpc) is 2.26. The minimum atomic E-state index is -0.835. The molecule has 0 aliphatic carbocycles. The van der Waals surface area contributed by atoms with E-state index in [2.05, 4.69) is 6.58 Å². The Morgan fingerprint density at radius 2 is 2.29 bits per heavy atom. The zero-order valence-corrected chi connectivity index (χ0v) is 9.60. The van der Waals surface area contributed by atoms with Crippen LogP contribution in [-0.4, -0.2) is 29.1 Å². The largest absolute Gasteiger partial charge is 0.481 e. The average molecular weight is 237 g/mol. The van der Waals surface area contributed by atoms with Gasteiger partial charge in [0.25, 0.3) is 0 Å². The van der Waals surface area contributed by atoms with Crippen LogP contribution >= 0.6 is 0 Å². The fraction of sp³-hybridized carbons (Fsp3) is 0.308. The first kappa shape index (κ1) is 13.4. The standard InChI is InChI=1S/C13H16FNO2/c1-2-7-15(8-6-13(16)17)10-11-4-3-5-12(14)9-11/h2-5,9H,1,6-8,10H2,(H,16,17). The molecule has 17 heavy (non-hydrogen) atoms. The Morgan fingerprint density at radius 1 is 1.53 bits per heavy atom. The van der Waals surface area contributed by atoms with Gasteiger partial charge in [-0.1, -0.05) is 18.2 Å². The molecule has 92 valence electrons. The molecule has 4 heteroatoms. The van der Waals surface area contributed by atoms with E-state index in [-0.39, 0.29) is 12.2 Å². The van der Waals surface area contributed by atoms with Gasteiger partial charge < -0.3 is 5.11 Å². The number of aliphatic carboxylic acids is 1. The van der Waals surface area contributed by atoms with Crippen LogP contribution in [0.25, 0.3) is 0 Å². The van der Waals surface area contributed by atoms with E-state index in [9.17, 15) is 9.18 Å². The van der Waals surface area contributed by atoms with Crippen molar-refractivity contribution in [3.8, 4) is 0 Å². The molecule has 1 N–H and O–H groups in total. The monoisotopic (exact) mass is 237 g/mol. The second-order valence-corrected chi connectivity index (χ2v) is 3.80. The summed E-state index contributed by atoms with van der Waals surface area (Å²) in [5.74, 6) is -1.11. The topological polar surface area (TPSA) is 40.5 Å². The van der Waals surface area contributed by atoms with Gasteiger partial charge in [-0.15, -0.1) is 6.58 Å². The molecule has 1 aromatic rings. The van der Waals surface area contributed by atoms with Crippen LogP contribution in [-0.2, 0) is 11.3 Å². The highest BCUT2D eigenvalue weighted by molar-refractivity contribution is 5.66. The summed E-state index contributed by atoms with van der Waals surface area (Å²) in [6, 6.07) is 6.31. The molecule has 1 rings (SSSR count). The number of hydrogen-bond donors (Lipinski definition) is 1. The molecular weight excluding hydrogens is 221 g/mol. The molecule has 0 aromatic heterocycles. The highest BCUT2D eigenvalue weighted by atomic mass is 19.1. The molecule has 1 aromatic carbocycles. The molecule has 0 saturated heterocycles. The van der Waals surface area contributed by atoms with Crippen molar-refractivity contribution in [1.82, 2.24) is 4.90 Å². The number of carbonyl (C=O) groups is 1. The molecule has 0 amide bonds. The van der Waals surface area contributed by atoms with E-state index in [0.29, 0.717) is 19.6 Å². The molecule has 0 unspecified atom stereocenters. The van der Waals surface area contributed by atoms with Gasteiger partial charge in [0.2, 0.25) is 0 Å². The Morgan fingerprint density at radius 3 is 2.88 bits per heavy atom. The number of halogens is 1. The van der Waals surface area contributed by atoms with Crippen molar-refractivity contribution < 1.29 is 14.3 Å². The first-order valence-corrected chi connectivity index (χ1v) is 5.41. The van der Waals surface area contributed by atoms with E-state index in [4.69, 9.17) is 5.11 Å². The summed E-state index contributed by atoms with van der Waals surface area (Å²) in [7, 11) is 0. The zero-order valence-electron chi connectivity index (χ0n) is 9.60. The number of nitrogens with zero attached hydrogens (tertiary/aromatic N) is 1. The van der Waals surface area contributed by atoms with Crippen molar-refractivity contribution in [2.45, 2.75) is 13.0 Å². The van der Waals surface area contributed by atoms with Gasteiger partial charge in [0.1, 0.15) is 5.82 Å². The number of hydrogen-bond acceptors (Lipinski definition) is 2. The number of benzene rings is 1. The third-order valence-electron chi connectivity index (χ3n) is 2.32. The number of carboxylic acid groups (broad SMARTS) is 1. The van der Waals surface area contributed by atoms with Gasteiger partial charge in [0.15, 0.2) is 0 Å². The van der Waals surface area contributed by atoms with Crippen LogP contribution in [0.4, 0.5) is 4.39 Å². The quantitative estimate of drug-likeness (QED) is 0.740. The summed E-state index contributed by atoms with van der Waals surface area (Å²) in [5, 5.41) is 8.63. The lowest BCUT2D eigenvalue weighted by Crippen LogP contribution is -2.26. The van der Waals surface area contributed by atoms with E-state index >= 15 is 0 Å². The molecule has 0 aliphatic heterocycles.